The van der Waals surface area contributed by atoms with Gasteiger partial charge in [0.2, 0.25) is 0 Å². The van der Waals surface area contributed by atoms with Crippen molar-refractivity contribution in [3.8, 4) is 5.75 Å². The first-order chi connectivity index (χ1) is 13.9. The maximum atomic E-state index is 12.9. The summed E-state index contributed by atoms with van der Waals surface area (Å²) in [4.78, 5) is 4.84. The van der Waals surface area contributed by atoms with Crippen molar-refractivity contribution in [2.45, 2.75) is 24.7 Å². The van der Waals surface area contributed by atoms with Gasteiger partial charge >= 0.3 is 0 Å². The van der Waals surface area contributed by atoms with Gasteiger partial charge < -0.3 is 15.4 Å². The van der Waals surface area contributed by atoms with Crippen molar-refractivity contribution >= 4 is 15.8 Å². The van der Waals surface area contributed by atoms with Crippen LogP contribution in [0.25, 0.3) is 0 Å². The molecular weight excluding hydrogens is 393 g/mol. The summed E-state index contributed by atoms with van der Waals surface area (Å²) in [5.41, 5.74) is 1.05. The molecule has 0 radical (unpaired) electrons. The Kier molecular flexibility index (Phi) is 8.92. The second-order valence-corrected chi connectivity index (χ2v) is 8.53. The molecule has 6 nitrogen and oxygen atoms in total. The van der Waals surface area contributed by atoms with Gasteiger partial charge in [-0.3, -0.25) is 4.99 Å². The lowest BCUT2D eigenvalue weighted by Crippen LogP contribution is -2.38. The molecule has 0 saturated heterocycles. The first-order valence-corrected chi connectivity index (χ1v) is 11.5. The number of hydrogen-bond donors (Lipinski definition) is 2. The molecule has 0 aromatic heterocycles. The van der Waals surface area contributed by atoms with Gasteiger partial charge in [-0.15, -0.1) is 0 Å². The summed E-state index contributed by atoms with van der Waals surface area (Å²) in [6.45, 7) is 4.52. The van der Waals surface area contributed by atoms with Gasteiger partial charge in [0.1, 0.15) is 11.6 Å². The summed E-state index contributed by atoms with van der Waals surface area (Å²) in [6.07, 6.45) is 2.69. The van der Waals surface area contributed by atoms with E-state index in [1.54, 1.807) is 24.3 Å². The van der Waals surface area contributed by atoms with E-state index in [-0.39, 0.29) is 5.82 Å². The van der Waals surface area contributed by atoms with Crippen LogP contribution in [0.3, 0.4) is 0 Å². The van der Waals surface area contributed by atoms with E-state index >= 15 is 0 Å². The van der Waals surface area contributed by atoms with E-state index in [9.17, 15) is 12.8 Å². The van der Waals surface area contributed by atoms with Gasteiger partial charge in [-0.2, -0.15) is 0 Å². The average Bonchev–Trinajstić information content (AvgIpc) is 2.69. The monoisotopic (exact) mass is 421 g/mol. The lowest BCUT2D eigenvalue weighted by atomic mass is 10.1. The Balaban J connectivity index is 1.73. The highest BCUT2D eigenvalue weighted by Gasteiger charge is 2.06. The molecule has 158 valence electrons. The molecule has 0 aliphatic heterocycles. The molecule has 0 unspecified atom stereocenters. The smallest absolute Gasteiger partial charge is 0.191 e. The van der Waals surface area contributed by atoms with Crippen LogP contribution in [-0.2, 0) is 16.3 Å². The van der Waals surface area contributed by atoms with Crippen LogP contribution in [0.2, 0.25) is 0 Å². The van der Waals surface area contributed by atoms with E-state index in [2.05, 4.69) is 15.6 Å². The van der Waals surface area contributed by atoms with Gasteiger partial charge in [0.05, 0.1) is 11.5 Å². The lowest BCUT2D eigenvalue weighted by molar-refractivity contribution is 0.313. The molecule has 0 amide bonds. The first-order valence-electron chi connectivity index (χ1n) is 9.58. The van der Waals surface area contributed by atoms with E-state index < -0.39 is 9.84 Å². The molecule has 0 spiro atoms. The zero-order chi connectivity index (χ0) is 21.1. The number of sulfone groups is 1. The summed E-state index contributed by atoms with van der Waals surface area (Å²) in [5.74, 6) is 1.08. The fraction of sp³-hybridized carbons (Fsp3) is 0.381. The van der Waals surface area contributed by atoms with Gasteiger partial charge in [0, 0.05) is 32.3 Å². The van der Waals surface area contributed by atoms with Crippen molar-refractivity contribution in [1.29, 1.82) is 0 Å². The van der Waals surface area contributed by atoms with E-state index in [0.717, 1.165) is 30.9 Å². The Morgan fingerprint density at radius 1 is 1.07 bits per heavy atom. The molecule has 0 heterocycles. The summed E-state index contributed by atoms with van der Waals surface area (Å²) < 4.78 is 41.4. The molecular formula is C21H28FN3O3S. The summed E-state index contributed by atoms with van der Waals surface area (Å²) in [6, 6.07) is 12.9. The standard InChI is InChI=1S/C21H28FN3O3S/c1-3-23-21(24-14-4-16-28-19-9-7-18(22)8-10-19)25-15-13-17-5-11-20(12-6-17)29(2,26)27/h5-12H,3-4,13-16H2,1-2H3,(H2,23,24,25). The first kappa shape index (κ1) is 22.7. The molecule has 2 rings (SSSR count). The van der Waals surface area contributed by atoms with Crippen LogP contribution in [0.15, 0.2) is 58.4 Å². The third-order valence-electron chi connectivity index (χ3n) is 4.06. The zero-order valence-corrected chi connectivity index (χ0v) is 17.6. The third kappa shape index (κ3) is 8.51. The highest BCUT2D eigenvalue weighted by Crippen LogP contribution is 2.11. The van der Waals surface area contributed by atoms with Crippen LogP contribution < -0.4 is 15.4 Å². The largest absolute Gasteiger partial charge is 0.494 e. The van der Waals surface area contributed by atoms with Crippen molar-refractivity contribution < 1.29 is 17.5 Å². The number of nitrogens with zero attached hydrogens (tertiary/aromatic N) is 1. The van der Waals surface area contributed by atoms with Crippen LogP contribution in [-0.4, -0.2) is 46.9 Å². The molecule has 0 aliphatic carbocycles. The van der Waals surface area contributed by atoms with Crippen LogP contribution in [0, 0.1) is 5.82 Å². The Labute approximate surface area is 172 Å². The van der Waals surface area contributed by atoms with Crippen LogP contribution >= 0.6 is 0 Å². The Bertz CT molecular complexity index is 882. The van der Waals surface area contributed by atoms with Gasteiger partial charge in [0.25, 0.3) is 0 Å². The van der Waals surface area contributed by atoms with Gasteiger partial charge in [0.15, 0.2) is 15.8 Å². The third-order valence-corrected chi connectivity index (χ3v) is 5.19. The quantitative estimate of drug-likeness (QED) is 0.350. The minimum absolute atomic E-state index is 0.283. The Morgan fingerprint density at radius 3 is 2.38 bits per heavy atom. The van der Waals surface area contributed by atoms with Gasteiger partial charge in [-0.05, 0) is 55.3 Å². The zero-order valence-electron chi connectivity index (χ0n) is 16.8. The van der Waals surface area contributed by atoms with Crippen molar-refractivity contribution in [3.63, 3.8) is 0 Å². The van der Waals surface area contributed by atoms with E-state index in [4.69, 9.17) is 4.74 Å². The predicted octanol–water partition coefficient (Wildman–Crippen LogP) is 2.80. The Hall–Kier alpha value is -2.61. The predicted molar refractivity (Wildman–Crippen MR) is 114 cm³/mol. The average molecular weight is 422 g/mol. The van der Waals surface area contributed by atoms with Crippen LogP contribution in [0.1, 0.15) is 18.9 Å². The highest BCUT2D eigenvalue weighted by molar-refractivity contribution is 7.90. The van der Waals surface area contributed by atoms with Crippen LogP contribution in [0.4, 0.5) is 4.39 Å². The van der Waals surface area contributed by atoms with Crippen molar-refractivity contribution in [3.05, 3.63) is 59.9 Å². The molecule has 29 heavy (non-hydrogen) atoms. The summed E-state index contributed by atoms with van der Waals surface area (Å²) >= 11 is 0. The second-order valence-electron chi connectivity index (χ2n) is 6.51. The maximum Gasteiger partial charge on any atom is 0.191 e. The number of rotatable bonds is 10. The lowest BCUT2D eigenvalue weighted by Gasteiger charge is -2.11. The van der Waals surface area contributed by atoms with Crippen molar-refractivity contribution in [1.82, 2.24) is 10.6 Å². The second kappa shape index (κ2) is 11.4. The van der Waals surface area contributed by atoms with Gasteiger partial charge in [-0.1, -0.05) is 12.1 Å². The number of aliphatic imine (C=N–C) groups is 1. The van der Waals surface area contributed by atoms with Crippen molar-refractivity contribution in [2.75, 3.05) is 32.5 Å². The van der Waals surface area contributed by atoms with Gasteiger partial charge in [-0.25, -0.2) is 12.8 Å². The number of nitrogens with one attached hydrogen (secondary N) is 2. The number of hydrogen-bond acceptors (Lipinski definition) is 4. The maximum absolute atomic E-state index is 12.9. The molecule has 0 aliphatic rings. The topological polar surface area (TPSA) is 79.8 Å². The fourth-order valence-electron chi connectivity index (χ4n) is 2.55. The summed E-state index contributed by atoms with van der Waals surface area (Å²) in [5, 5.41) is 6.46. The normalized spacial score (nSPS) is 11.9. The molecule has 2 aromatic rings. The molecule has 2 N–H and O–H groups in total. The molecule has 0 atom stereocenters. The number of halogens is 1. The molecule has 2 aromatic carbocycles. The van der Waals surface area contributed by atoms with Crippen molar-refractivity contribution in [2.24, 2.45) is 4.99 Å². The van der Waals surface area contributed by atoms with Crippen LogP contribution in [0.5, 0.6) is 5.75 Å². The number of ether oxygens (including phenoxy) is 1. The van der Waals surface area contributed by atoms with E-state index in [1.807, 2.05) is 19.1 Å². The minimum atomic E-state index is -3.17. The fourth-order valence-corrected chi connectivity index (χ4v) is 3.18. The molecule has 0 saturated carbocycles. The van der Waals surface area contributed by atoms with E-state index in [1.165, 1.54) is 18.4 Å². The summed E-state index contributed by atoms with van der Waals surface area (Å²) in [7, 11) is -3.17. The highest BCUT2D eigenvalue weighted by atomic mass is 32.2. The molecule has 0 bridgehead atoms. The van der Waals surface area contributed by atoms with E-state index in [0.29, 0.717) is 30.3 Å². The number of guanidine groups is 1. The molecule has 8 heteroatoms. The molecule has 0 fully saturated rings. The Morgan fingerprint density at radius 2 is 1.76 bits per heavy atom. The minimum Gasteiger partial charge on any atom is -0.494 e. The SMILES string of the molecule is CCNC(=NCCCOc1ccc(F)cc1)NCCc1ccc(S(C)(=O)=O)cc1. The number of benzene rings is 2.